The van der Waals surface area contributed by atoms with Crippen molar-refractivity contribution < 1.29 is 13.2 Å². The molecule has 1 rings (SSSR count). The van der Waals surface area contributed by atoms with Crippen LogP contribution in [0, 0.1) is 0 Å². The first-order valence-corrected chi connectivity index (χ1v) is 8.95. The molecule has 5 nitrogen and oxygen atoms in total. The molecule has 0 spiro atoms. The molecule has 0 aromatic carbocycles. The summed E-state index contributed by atoms with van der Waals surface area (Å²) in [7, 11) is -3.25. The lowest BCUT2D eigenvalue weighted by Gasteiger charge is -2.25. The van der Waals surface area contributed by atoms with Crippen LogP contribution in [-0.4, -0.2) is 43.5 Å². The minimum absolute atomic E-state index is 0.0381. The van der Waals surface area contributed by atoms with E-state index in [-0.39, 0.29) is 24.9 Å². The van der Waals surface area contributed by atoms with Gasteiger partial charge in [0.15, 0.2) is 0 Å². The van der Waals surface area contributed by atoms with Crippen LogP contribution < -0.4 is 5.32 Å². The van der Waals surface area contributed by atoms with Gasteiger partial charge in [0.05, 0.1) is 6.26 Å². The molecule has 1 aliphatic rings. The molecule has 0 aromatic rings. The second-order valence-electron chi connectivity index (χ2n) is 5.43. The minimum Gasteiger partial charge on any atom is -0.353 e. The fourth-order valence-corrected chi connectivity index (χ4v) is 3.72. The average molecular weight is 290 g/mol. The number of carbonyl (C=O) groups excluding carboxylic acids is 1. The molecule has 112 valence electrons. The number of amides is 1. The summed E-state index contributed by atoms with van der Waals surface area (Å²) in [6, 6.07) is 0.233. The number of carbonyl (C=O) groups is 1. The molecular formula is C13H26N2O3S. The summed E-state index contributed by atoms with van der Waals surface area (Å²) in [6.45, 7) is 4.09. The summed E-state index contributed by atoms with van der Waals surface area (Å²) in [4.78, 5) is 11.8. The predicted octanol–water partition coefficient (Wildman–Crippen LogP) is 1.50. The molecular weight excluding hydrogens is 264 g/mol. The second-order valence-corrected chi connectivity index (χ2v) is 7.36. The van der Waals surface area contributed by atoms with Crippen LogP contribution in [-0.2, 0) is 14.8 Å². The van der Waals surface area contributed by atoms with Crippen molar-refractivity contribution in [3.63, 3.8) is 0 Å². The van der Waals surface area contributed by atoms with Gasteiger partial charge in [0.1, 0.15) is 0 Å². The Bertz CT molecular complexity index is 389. The number of hydrogen-bond acceptors (Lipinski definition) is 3. The van der Waals surface area contributed by atoms with Crippen LogP contribution in [0.25, 0.3) is 0 Å². The topological polar surface area (TPSA) is 66.5 Å². The molecule has 1 N–H and O–H groups in total. The number of sulfonamides is 1. The molecule has 6 heteroatoms. The van der Waals surface area contributed by atoms with Gasteiger partial charge < -0.3 is 5.32 Å². The molecule has 1 saturated carbocycles. The van der Waals surface area contributed by atoms with E-state index in [0.717, 1.165) is 19.3 Å². The summed E-state index contributed by atoms with van der Waals surface area (Å²) in [6.07, 6.45) is 6.64. The summed E-state index contributed by atoms with van der Waals surface area (Å²) >= 11 is 0. The first kappa shape index (κ1) is 16.4. The van der Waals surface area contributed by atoms with Crippen molar-refractivity contribution >= 4 is 15.9 Å². The standard InChI is InChI=1S/C13H26N2O3S/c1-4-11(2)15(19(3,17)18)10-9-13(16)14-12-7-5-6-8-12/h11-12H,4-10H2,1-3H3,(H,14,16). The fourth-order valence-electron chi connectivity index (χ4n) is 2.50. The quantitative estimate of drug-likeness (QED) is 0.772. The van der Waals surface area contributed by atoms with Gasteiger partial charge in [-0.2, -0.15) is 4.31 Å². The van der Waals surface area contributed by atoms with Crippen molar-refractivity contribution in [1.29, 1.82) is 0 Å². The van der Waals surface area contributed by atoms with E-state index in [2.05, 4.69) is 5.32 Å². The molecule has 0 bridgehead atoms. The van der Waals surface area contributed by atoms with Crippen LogP contribution in [0.3, 0.4) is 0 Å². The van der Waals surface area contributed by atoms with Gasteiger partial charge in [-0.25, -0.2) is 8.42 Å². The van der Waals surface area contributed by atoms with Crippen molar-refractivity contribution in [1.82, 2.24) is 9.62 Å². The molecule has 1 fully saturated rings. The monoisotopic (exact) mass is 290 g/mol. The smallest absolute Gasteiger partial charge is 0.221 e. The molecule has 1 unspecified atom stereocenters. The Morgan fingerprint density at radius 3 is 2.42 bits per heavy atom. The Hall–Kier alpha value is -0.620. The van der Waals surface area contributed by atoms with Crippen LogP contribution >= 0.6 is 0 Å². The number of rotatable bonds is 7. The Morgan fingerprint density at radius 1 is 1.37 bits per heavy atom. The van der Waals surface area contributed by atoms with Crippen molar-refractivity contribution in [2.24, 2.45) is 0 Å². The molecule has 0 aliphatic heterocycles. The zero-order valence-corrected chi connectivity index (χ0v) is 13.0. The normalized spacial score (nSPS) is 18.7. The highest BCUT2D eigenvalue weighted by molar-refractivity contribution is 7.88. The van der Waals surface area contributed by atoms with Gasteiger partial charge in [0.25, 0.3) is 0 Å². The third-order valence-electron chi connectivity index (χ3n) is 3.79. The highest BCUT2D eigenvalue weighted by Gasteiger charge is 2.23. The van der Waals surface area contributed by atoms with Crippen molar-refractivity contribution in [3.8, 4) is 0 Å². The first-order valence-electron chi connectivity index (χ1n) is 7.10. The van der Waals surface area contributed by atoms with E-state index < -0.39 is 10.0 Å². The summed E-state index contributed by atoms with van der Waals surface area (Å²) < 4.78 is 24.8. The maximum absolute atomic E-state index is 11.8. The Labute approximate surface area is 116 Å². The third-order valence-corrected chi connectivity index (χ3v) is 5.18. The number of nitrogens with one attached hydrogen (secondary N) is 1. The van der Waals surface area contributed by atoms with E-state index in [0.29, 0.717) is 6.04 Å². The van der Waals surface area contributed by atoms with E-state index in [9.17, 15) is 13.2 Å². The van der Waals surface area contributed by atoms with Crippen molar-refractivity contribution in [2.45, 2.75) is 64.5 Å². The van der Waals surface area contributed by atoms with Crippen LogP contribution in [0.1, 0.15) is 52.4 Å². The van der Waals surface area contributed by atoms with E-state index in [1.165, 1.54) is 23.4 Å². The zero-order valence-electron chi connectivity index (χ0n) is 12.2. The van der Waals surface area contributed by atoms with E-state index in [1.54, 1.807) is 0 Å². The molecule has 0 heterocycles. The molecule has 1 atom stereocenters. The van der Waals surface area contributed by atoms with E-state index >= 15 is 0 Å². The Balaban J connectivity index is 2.44. The first-order chi connectivity index (χ1) is 8.84. The molecule has 0 saturated heterocycles. The van der Waals surface area contributed by atoms with Gasteiger partial charge in [-0.1, -0.05) is 19.8 Å². The van der Waals surface area contributed by atoms with Gasteiger partial charge >= 0.3 is 0 Å². The highest BCUT2D eigenvalue weighted by Crippen LogP contribution is 2.17. The van der Waals surface area contributed by atoms with Gasteiger partial charge in [-0.15, -0.1) is 0 Å². The van der Waals surface area contributed by atoms with Crippen LogP contribution in [0.5, 0.6) is 0 Å². The SMILES string of the molecule is CCC(C)N(CCC(=O)NC1CCCC1)S(C)(=O)=O. The fraction of sp³-hybridized carbons (Fsp3) is 0.923. The van der Waals surface area contributed by atoms with Gasteiger partial charge in [-0.05, 0) is 26.2 Å². The minimum atomic E-state index is -3.25. The predicted molar refractivity (Wildman–Crippen MR) is 76.3 cm³/mol. The summed E-state index contributed by atoms with van der Waals surface area (Å²) in [5, 5.41) is 2.98. The summed E-state index contributed by atoms with van der Waals surface area (Å²) in [5.74, 6) is -0.0381. The Kier molecular flexibility index (Phi) is 6.26. The van der Waals surface area contributed by atoms with Gasteiger partial charge in [-0.3, -0.25) is 4.79 Å². The maximum atomic E-state index is 11.8. The van der Waals surface area contributed by atoms with Gasteiger partial charge in [0, 0.05) is 25.0 Å². The molecule has 1 aliphatic carbocycles. The second kappa shape index (κ2) is 7.24. The van der Waals surface area contributed by atoms with Crippen LogP contribution in [0.4, 0.5) is 0 Å². The van der Waals surface area contributed by atoms with E-state index in [1.807, 2.05) is 13.8 Å². The highest BCUT2D eigenvalue weighted by atomic mass is 32.2. The van der Waals surface area contributed by atoms with E-state index in [4.69, 9.17) is 0 Å². The van der Waals surface area contributed by atoms with Crippen molar-refractivity contribution in [3.05, 3.63) is 0 Å². The van der Waals surface area contributed by atoms with Crippen LogP contribution in [0.2, 0.25) is 0 Å². The molecule has 0 radical (unpaired) electrons. The number of hydrogen-bond donors (Lipinski definition) is 1. The lowest BCUT2D eigenvalue weighted by Crippen LogP contribution is -2.41. The largest absolute Gasteiger partial charge is 0.353 e. The summed E-state index contributed by atoms with van der Waals surface area (Å²) in [5.41, 5.74) is 0. The molecule has 1 amide bonds. The molecule has 0 aromatic heterocycles. The van der Waals surface area contributed by atoms with Crippen molar-refractivity contribution in [2.75, 3.05) is 12.8 Å². The molecule has 19 heavy (non-hydrogen) atoms. The zero-order chi connectivity index (χ0) is 14.5. The maximum Gasteiger partial charge on any atom is 0.221 e. The van der Waals surface area contributed by atoms with Crippen LogP contribution in [0.15, 0.2) is 0 Å². The lowest BCUT2D eigenvalue weighted by molar-refractivity contribution is -0.121. The van der Waals surface area contributed by atoms with Gasteiger partial charge in [0.2, 0.25) is 15.9 Å². The number of nitrogens with zero attached hydrogens (tertiary/aromatic N) is 1. The lowest BCUT2D eigenvalue weighted by atomic mass is 10.2. The average Bonchev–Trinajstić information content (AvgIpc) is 2.79. The third kappa shape index (κ3) is 5.48. The Morgan fingerprint density at radius 2 is 1.95 bits per heavy atom.